The lowest BCUT2D eigenvalue weighted by molar-refractivity contribution is 0.0710. The lowest BCUT2D eigenvalue weighted by atomic mass is 9.89. The van der Waals surface area contributed by atoms with E-state index in [-0.39, 0.29) is 17.7 Å². The highest BCUT2D eigenvalue weighted by Crippen LogP contribution is 2.30. The first-order chi connectivity index (χ1) is 14.0. The van der Waals surface area contributed by atoms with Crippen LogP contribution in [-0.4, -0.2) is 55.0 Å². The molecule has 6 nitrogen and oxygen atoms in total. The molecule has 1 N–H and O–H groups in total. The number of nitrogens with one attached hydrogen (secondary N) is 1. The molecule has 154 valence electrons. The fraction of sp³-hybridized carbons (Fsp3) is 0.409. The van der Waals surface area contributed by atoms with E-state index in [9.17, 15) is 9.59 Å². The second-order valence-corrected chi connectivity index (χ2v) is 8.12. The Morgan fingerprint density at radius 3 is 2.52 bits per heavy atom. The Hall–Kier alpha value is -2.25. The summed E-state index contributed by atoms with van der Waals surface area (Å²) in [6.45, 7) is 4.17. The summed E-state index contributed by atoms with van der Waals surface area (Å²) in [5.74, 6) is 0.0793. The van der Waals surface area contributed by atoms with Crippen molar-refractivity contribution in [2.75, 3.05) is 33.4 Å². The third-order valence-electron chi connectivity index (χ3n) is 5.16. The van der Waals surface area contributed by atoms with Gasteiger partial charge in [-0.1, -0.05) is 15.9 Å². The first-order valence-electron chi connectivity index (χ1n) is 9.79. The maximum Gasteiger partial charge on any atom is 0.253 e. The molecule has 1 saturated heterocycles. The van der Waals surface area contributed by atoms with Crippen LogP contribution in [0.4, 0.5) is 0 Å². The molecule has 0 radical (unpaired) electrons. The molecule has 2 amide bonds. The number of hydrogen-bond acceptors (Lipinski definition) is 4. The van der Waals surface area contributed by atoms with Crippen LogP contribution in [0, 0.1) is 6.92 Å². The number of rotatable bonds is 6. The summed E-state index contributed by atoms with van der Waals surface area (Å²) in [4.78, 5) is 31.9. The normalized spacial score (nSPS) is 14.7. The van der Waals surface area contributed by atoms with E-state index in [0.717, 1.165) is 28.7 Å². The number of nitrogens with zero attached hydrogens (tertiary/aromatic N) is 2. The van der Waals surface area contributed by atoms with E-state index in [4.69, 9.17) is 4.74 Å². The van der Waals surface area contributed by atoms with Gasteiger partial charge in [-0.15, -0.1) is 0 Å². The van der Waals surface area contributed by atoms with Gasteiger partial charge in [0.1, 0.15) is 0 Å². The molecule has 0 saturated carbocycles. The molecule has 0 atom stereocenters. The first-order valence-corrected chi connectivity index (χ1v) is 10.6. The number of carbonyl (C=O) groups is 2. The summed E-state index contributed by atoms with van der Waals surface area (Å²) >= 11 is 3.40. The van der Waals surface area contributed by atoms with Crippen LogP contribution in [0.5, 0.6) is 0 Å². The molecule has 1 fully saturated rings. The van der Waals surface area contributed by atoms with Crippen molar-refractivity contribution in [1.82, 2.24) is 15.2 Å². The molecule has 1 aromatic carbocycles. The quantitative estimate of drug-likeness (QED) is 0.670. The number of halogens is 1. The minimum absolute atomic E-state index is 0.0469. The van der Waals surface area contributed by atoms with Crippen LogP contribution < -0.4 is 5.32 Å². The standard InChI is InChI=1S/C22H26BrN3O3/c1-15-3-8-19(21(27)24-11-14-29-2)20(25-15)16-9-12-26(13-10-16)22(28)17-4-6-18(23)7-5-17/h3-8,16H,9-14H2,1-2H3,(H,24,27). The third kappa shape index (κ3) is 5.42. The van der Waals surface area contributed by atoms with Crippen LogP contribution in [0.1, 0.15) is 50.9 Å². The van der Waals surface area contributed by atoms with E-state index in [1.54, 1.807) is 7.11 Å². The number of benzene rings is 1. The van der Waals surface area contributed by atoms with Gasteiger partial charge < -0.3 is 15.0 Å². The zero-order chi connectivity index (χ0) is 20.8. The van der Waals surface area contributed by atoms with Crippen molar-refractivity contribution < 1.29 is 14.3 Å². The molecule has 2 aromatic rings. The monoisotopic (exact) mass is 459 g/mol. The molecule has 0 bridgehead atoms. The van der Waals surface area contributed by atoms with Gasteiger partial charge in [0.05, 0.1) is 17.9 Å². The van der Waals surface area contributed by atoms with E-state index in [1.807, 2.05) is 48.2 Å². The molecule has 3 rings (SSSR count). The summed E-state index contributed by atoms with van der Waals surface area (Å²) in [5, 5.41) is 2.88. The number of aryl methyl sites for hydroxylation is 1. The highest BCUT2D eigenvalue weighted by Gasteiger charge is 2.28. The molecule has 1 aromatic heterocycles. The lowest BCUT2D eigenvalue weighted by Gasteiger charge is -2.32. The smallest absolute Gasteiger partial charge is 0.253 e. The van der Waals surface area contributed by atoms with E-state index < -0.39 is 0 Å². The van der Waals surface area contributed by atoms with Crippen LogP contribution in [-0.2, 0) is 4.74 Å². The van der Waals surface area contributed by atoms with Gasteiger partial charge in [-0.2, -0.15) is 0 Å². The Bertz CT molecular complexity index is 862. The second-order valence-electron chi connectivity index (χ2n) is 7.21. The Morgan fingerprint density at radius 2 is 1.86 bits per heavy atom. The molecular weight excluding hydrogens is 434 g/mol. The van der Waals surface area contributed by atoms with Crippen LogP contribution in [0.2, 0.25) is 0 Å². The molecule has 0 spiro atoms. The summed E-state index contributed by atoms with van der Waals surface area (Å²) in [5.41, 5.74) is 3.03. The van der Waals surface area contributed by atoms with Gasteiger partial charge in [-0.25, -0.2) is 0 Å². The Labute approximate surface area is 179 Å². The van der Waals surface area contributed by atoms with E-state index >= 15 is 0 Å². The summed E-state index contributed by atoms with van der Waals surface area (Å²) < 4.78 is 5.95. The van der Waals surface area contributed by atoms with Crippen molar-refractivity contribution >= 4 is 27.7 Å². The van der Waals surface area contributed by atoms with Crippen molar-refractivity contribution in [3.05, 3.63) is 63.4 Å². The van der Waals surface area contributed by atoms with Crippen molar-refractivity contribution in [3.8, 4) is 0 Å². The van der Waals surface area contributed by atoms with Gasteiger partial charge in [0.2, 0.25) is 0 Å². The van der Waals surface area contributed by atoms with Gasteiger partial charge in [0, 0.05) is 48.4 Å². The van der Waals surface area contributed by atoms with Gasteiger partial charge in [-0.05, 0) is 56.2 Å². The van der Waals surface area contributed by atoms with E-state index in [2.05, 4.69) is 26.2 Å². The van der Waals surface area contributed by atoms with Gasteiger partial charge in [-0.3, -0.25) is 14.6 Å². The Kier molecular flexibility index (Phi) is 7.39. The van der Waals surface area contributed by atoms with Crippen LogP contribution in [0.25, 0.3) is 0 Å². The lowest BCUT2D eigenvalue weighted by Crippen LogP contribution is -2.38. The number of carbonyl (C=O) groups excluding carboxylic acids is 2. The van der Waals surface area contributed by atoms with E-state index in [1.165, 1.54) is 0 Å². The van der Waals surface area contributed by atoms with Crippen LogP contribution in [0.3, 0.4) is 0 Å². The third-order valence-corrected chi connectivity index (χ3v) is 5.69. The minimum atomic E-state index is -0.127. The zero-order valence-corrected chi connectivity index (χ0v) is 18.4. The SMILES string of the molecule is COCCNC(=O)c1ccc(C)nc1C1CCN(C(=O)c2ccc(Br)cc2)CC1. The maximum absolute atomic E-state index is 12.7. The number of likely N-dealkylation sites (tertiary alicyclic amines) is 1. The van der Waals surface area contributed by atoms with Gasteiger partial charge >= 0.3 is 0 Å². The fourth-order valence-electron chi connectivity index (χ4n) is 3.57. The number of ether oxygens (including phenoxy) is 1. The van der Waals surface area contributed by atoms with Crippen molar-refractivity contribution in [2.24, 2.45) is 0 Å². The summed E-state index contributed by atoms with van der Waals surface area (Å²) in [7, 11) is 1.61. The summed E-state index contributed by atoms with van der Waals surface area (Å²) in [6.07, 6.45) is 1.58. The minimum Gasteiger partial charge on any atom is -0.383 e. The average Bonchev–Trinajstić information content (AvgIpc) is 2.74. The van der Waals surface area contributed by atoms with Gasteiger partial charge in [0.25, 0.3) is 11.8 Å². The van der Waals surface area contributed by atoms with Crippen molar-refractivity contribution in [2.45, 2.75) is 25.7 Å². The molecule has 7 heteroatoms. The second kappa shape index (κ2) is 9.98. The highest BCUT2D eigenvalue weighted by atomic mass is 79.9. The topological polar surface area (TPSA) is 71.5 Å². The molecule has 1 aliphatic heterocycles. The van der Waals surface area contributed by atoms with Crippen molar-refractivity contribution in [1.29, 1.82) is 0 Å². The number of amides is 2. The number of methoxy groups -OCH3 is 1. The maximum atomic E-state index is 12.7. The van der Waals surface area contributed by atoms with Crippen LogP contribution >= 0.6 is 15.9 Å². The molecule has 29 heavy (non-hydrogen) atoms. The highest BCUT2D eigenvalue weighted by molar-refractivity contribution is 9.10. The molecular formula is C22H26BrN3O3. The zero-order valence-electron chi connectivity index (χ0n) is 16.8. The van der Waals surface area contributed by atoms with Crippen LogP contribution in [0.15, 0.2) is 40.9 Å². The fourth-order valence-corrected chi connectivity index (χ4v) is 3.84. The predicted octanol–water partition coefficient (Wildman–Crippen LogP) is 3.55. The summed E-state index contributed by atoms with van der Waals surface area (Å²) in [6, 6.07) is 11.1. The first kappa shape index (κ1) is 21.5. The Balaban J connectivity index is 1.68. The van der Waals surface area contributed by atoms with Crippen molar-refractivity contribution in [3.63, 3.8) is 0 Å². The molecule has 1 aliphatic rings. The number of aromatic nitrogens is 1. The molecule has 0 unspecified atom stereocenters. The number of pyridine rings is 1. The predicted molar refractivity (Wildman–Crippen MR) is 115 cm³/mol. The Morgan fingerprint density at radius 1 is 1.17 bits per heavy atom. The largest absolute Gasteiger partial charge is 0.383 e. The number of piperidine rings is 1. The number of hydrogen-bond donors (Lipinski definition) is 1. The van der Waals surface area contributed by atoms with Gasteiger partial charge in [0.15, 0.2) is 0 Å². The van der Waals surface area contributed by atoms with E-state index in [0.29, 0.717) is 37.4 Å². The average molecular weight is 460 g/mol. The molecule has 2 heterocycles. The molecule has 0 aliphatic carbocycles.